The quantitative estimate of drug-likeness (QED) is 0.0927. The van der Waals surface area contributed by atoms with Crippen molar-refractivity contribution in [2.24, 2.45) is 17.2 Å². The van der Waals surface area contributed by atoms with E-state index in [4.69, 9.17) is 22.3 Å². The second-order valence-corrected chi connectivity index (χ2v) is 8.61. The molecule has 1 rings (SSSR count). The SMILES string of the molecule is NC(=O)CCC(NC(=O)C(N)Cc1ccc(O)cc1)C(=O)NC(CCC(=O)O)C(=O)NC(CC(N)=O)C(=O)O. The van der Waals surface area contributed by atoms with Gasteiger partial charge in [-0.1, -0.05) is 12.1 Å². The van der Waals surface area contributed by atoms with Gasteiger partial charge in [-0.3, -0.25) is 28.8 Å². The molecule has 12 N–H and O–H groups in total. The van der Waals surface area contributed by atoms with Gasteiger partial charge >= 0.3 is 11.9 Å². The minimum absolute atomic E-state index is 0.00533. The first-order chi connectivity index (χ1) is 18.2. The van der Waals surface area contributed by atoms with Crippen LogP contribution >= 0.6 is 0 Å². The standard InChI is InChI=1S/C23H32N6O10/c24-13(9-11-1-3-12(30)4-2-11)20(35)27-14(5-7-17(25)31)21(36)28-15(6-8-19(33)34)22(37)29-16(23(38)39)10-18(26)32/h1-4,13-16,30H,5-10,24H2,(H2,25,31)(H2,26,32)(H,27,35)(H,28,36)(H,29,37)(H,33,34)(H,38,39). The number of phenols is 1. The zero-order valence-corrected chi connectivity index (χ0v) is 20.8. The minimum atomic E-state index is -1.75. The highest BCUT2D eigenvalue weighted by molar-refractivity contribution is 5.95. The van der Waals surface area contributed by atoms with E-state index in [1.165, 1.54) is 24.3 Å². The van der Waals surface area contributed by atoms with E-state index in [1.54, 1.807) is 0 Å². The lowest BCUT2D eigenvalue weighted by atomic mass is 10.0. The number of phenolic OH excluding ortho intramolecular Hbond substituents is 1. The Kier molecular flexibility index (Phi) is 12.8. The van der Waals surface area contributed by atoms with Gasteiger partial charge in [0.15, 0.2) is 0 Å². The van der Waals surface area contributed by atoms with Gasteiger partial charge in [0.25, 0.3) is 0 Å². The van der Waals surface area contributed by atoms with Crippen molar-refractivity contribution < 1.29 is 48.9 Å². The summed E-state index contributed by atoms with van der Waals surface area (Å²) in [6.45, 7) is 0. The number of amides is 5. The van der Waals surface area contributed by atoms with Gasteiger partial charge in [0.1, 0.15) is 23.9 Å². The van der Waals surface area contributed by atoms with Crippen LogP contribution in [-0.2, 0) is 40.0 Å². The number of primary amides is 2. The number of carboxylic acids is 2. The number of hydrogen-bond acceptors (Lipinski definition) is 9. The van der Waals surface area contributed by atoms with Crippen molar-refractivity contribution in [1.82, 2.24) is 16.0 Å². The van der Waals surface area contributed by atoms with Crippen LogP contribution in [0.3, 0.4) is 0 Å². The van der Waals surface area contributed by atoms with E-state index >= 15 is 0 Å². The largest absolute Gasteiger partial charge is 0.508 e. The number of carboxylic acid groups (broad SMARTS) is 2. The smallest absolute Gasteiger partial charge is 0.326 e. The van der Waals surface area contributed by atoms with Gasteiger partial charge in [0.05, 0.1) is 12.5 Å². The molecule has 5 amide bonds. The molecule has 0 heterocycles. The number of benzene rings is 1. The lowest BCUT2D eigenvalue weighted by Gasteiger charge is -2.25. The highest BCUT2D eigenvalue weighted by Crippen LogP contribution is 2.11. The molecule has 0 aliphatic rings. The Hall–Kier alpha value is -4.73. The summed E-state index contributed by atoms with van der Waals surface area (Å²) in [5, 5.41) is 34.2. The molecule has 16 heteroatoms. The second-order valence-electron chi connectivity index (χ2n) is 8.61. The first kappa shape index (κ1) is 32.3. The zero-order chi connectivity index (χ0) is 29.7. The Morgan fingerprint density at radius 3 is 1.67 bits per heavy atom. The number of carbonyl (C=O) groups excluding carboxylic acids is 5. The van der Waals surface area contributed by atoms with Crippen LogP contribution in [0.15, 0.2) is 24.3 Å². The fraction of sp³-hybridized carbons (Fsp3) is 0.435. The Bertz CT molecular complexity index is 1080. The number of aliphatic carboxylic acids is 2. The molecule has 1 aromatic rings. The van der Waals surface area contributed by atoms with Crippen molar-refractivity contribution in [2.75, 3.05) is 0 Å². The van der Waals surface area contributed by atoms with Crippen LogP contribution in [0.1, 0.15) is 37.7 Å². The van der Waals surface area contributed by atoms with E-state index in [0.717, 1.165) is 0 Å². The Morgan fingerprint density at radius 2 is 1.21 bits per heavy atom. The molecule has 4 unspecified atom stereocenters. The van der Waals surface area contributed by atoms with Crippen molar-refractivity contribution in [3.8, 4) is 5.75 Å². The maximum absolute atomic E-state index is 13.0. The Morgan fingerprint density at radius 1 is 0.718 bits per heavy atom. The fourth-order valence-corrected chi connectivity index (χ4v) is 3.30. The molecule has 0 saturated heterocycles. The number of aromatic hydroxyl groups is 1. The summed E-state index contributed by atoms with van der Waals surface area (Å²) < 4.78 is 0. The van der Waals surface area contributed by atoms with Crippen molar-refractivity contribution in [1.29, 1.82) is 0 Å². The van der Waals surface area contributed by atoms with Gasteiger partial charge in [-0.25, -0.2) is 4.79 Å². The number of rotatable bonds is 17. The molecular formula is C23H32N6O10. The Labute approximate surface area is 222 Å². The van der Waals surface area contributed by atoms with E-state index in [-0.39, 0.29) is 25.0 Å². The minimum Gasteiger partial charge on any atom is -0.508 e. The predicted molar refractivity (Wildman–Crippen MR) is 132 cm³/mol. The number of nitrogens with two attached hydrogens (primary N) is 3. The monoisotopic (exact) mass is 552 g/mol. The number of carbonyl (C=O) groups is 7. The lowest BCUT2D eigenvalue weighted by molar-refractivity contribution is -0.144. The van der Waals surface area contributed by atoms with Gasteiger partial charge in [0, 0.05) is 12.8 Å². The van der Waals surface area contributed by atoms with Crippen LogP contribution in [0.2, 0.25) is 0 Å². The van der Waals surface area contributed by atoms with Crippen LogP contribution in [-0.4, -0.2) is 81.0 Å². The van der Waals surface area contributed by atoms with Crippen molar-refractivity contribution in [3.63, 3.8) is 0 Å². The Balaban J connectivity index is 3.04. The molecule has 0 aromatic heterocycles. The molecule has 4 atom stereocenters. The van der Waals surface area contributed by atoms with Gasteiger partial charge in [-0.15, -0.1) is 0 Å². The van der Waals surface area contributed by atoms with Crippen LogP contribution in [0.25, 0.3) is 0 Å². The van der Waals surface area contributed by atoms with Crippen LogP contribution in [0.5, 0.6) is 5.75 Å². The summed E-state index contributed by atoms with van der Waals surface area (Å²) in [4.78, 5) is 83.2. The normalized spacial score (nSPS) is 13.7. The molecule has 0 saturated carbocycles. The van der Waals surface area contributed by atoms with Gasteiger partial charge in [0.2, 0.25) is 29.5 Å². The van der Waals surface area contributed by atoms with Crippen LogP contribution in [0.4, 0.5) is 0 Å². The first-order valence-electron chi connectivity index (χ1n) is 11.6. The maximum Gasteiger partial charge on any atom is 0.326 e. The van der Waals surface area contributed by atoms with Gasteiger partial charge < -0.3 is 48.5 Å². The molecule has 0 fully saturated rings. The molecule has 0 spiro atoms. The molecule has 16 nitrogen and oxygen atoms in total. The molecule has 214 valence electrons. The molecular weight excluding hydrogens is 520 g/mol. The van der Waals surface area contributed by atoms with E-state index < -0.39 is 84.9 Å². The van der Waals surface area contributed by atoms with Crippen molar-refractivity contribution >= 4 is 41.5 Å². The van der Waals surface area contributed by atoms with Crippen LogP contribution in [0, 0.1) is 0 Å². The highest BCUT2D eigenvalue weighted by Gasteiger charge is 2.31. The fourth-order valence-electron chi connectivity index (χ4n) is 3.30. The third kappa shape index (κ3) is 12.4. The summed E-state index contributed by atoms with van der Waals surface area (Å²) in [7, 11) is 0. The molecule has 0 radical (unpaired) electrons. The second kappa shape index (κ2) is 15.5. The van der Waals surface area contributed by atoms with Gasteiger partial charge in [-0.05, 0) is 37.0 Å². The van der Waals surface area contributed by atoms with Crippen LogP contribution < -0.4 is 33.2 Å². The third-order valence-corrected chi connectivity index (χ3v) is 5.34. The maximum atomic E-state index is 13.0. The van der Waals surface area contributed by atoms with E-state index in [2.05, 4.69) is 10.6 Å². The van der Waals surface area contributed by atoms with Crippen molar-refractivity contribution in [2.45, 2.75) is 62.7 Å². The van der Waals surface area contributed by atoms with Crippen molar-refractivity contribution in [3.05, 3.63) is 29.8 Å². The van der Waals surface area contributed by atoms with E-state index in [1.807, 2.05) is 5.32 Å². The summed E-state index contributed by atoms with van der Waals surface area (Å²) in [5.74, 6) is -7.68. The first-order valence-corrected chi connectivity index (χ1v) is 11.6. The van der Waals surface area contributed by atoms with E-state index in [0.29, 0.717) is 5.56 Å². The summed E-state index contributed by atoms with van der Waals surface area (Å²) in [5.41, 5.74) is 16.7. The average Bonchev–Trinajstić information content (AvgIpc) is 2.84. The zero-order valence-electron chi connectivity index (χ0n) is 20.8. The summed E-state index contributed by atoms with van der Waals surface area (Å²) in [6.07, 6.45) is -2.48. The molecule has 0 aliphatic heterocycles. The predicted octanol–water partition coefficient (Wildman–Crippen LogP) is -3.19. The van der Waals surface area contributed by atoms with Gasteiger partial charge in [-0.2, -0.15) is 0 Å². The topological polar surface area (TPSA) is 294 Å². The lowest BCUT2D eigenvalue weighted by Crippen LogP contribution is -2.57. The summed E-state index contributed by atoms with van der Waals surface area (Å²) >= 11 is 0. The highest BCUT2D eigenvalue weighted by atomic mass is 16.4. The number of nitrogens with one attached hydrogen (secondary N) is 3. The molecule has 0 bridgehead atoms. The molecule has 0 aliphatic carbocycles. The summed E-state index contributed by atoms with van der Waals surface area (Å²) in [6, 6.07) is -0.0776. The molecule has 39 heavy (non-hydrogen) atoms. The third-order valence-electron chi connectivity index (χ3n) is 5.34. The van der Waals surface area contributed by atoms with E-state index in [9.17, 15) is 43.8 Å². The number of hydrogen-bond donors (Lipinski definition) is 9. The molecule has 1 aromatic carbocycles. The average molecular weight is 553 g/mol.